The molecule has 1 fully saturated rings. The first kappa shape index (κ1) is 22.7. The van der Waals surface area contributed by atoms with Crippen LogP contribution in [0.15, 0.2) is 53.1 Å². The Labute approximate surface area is 192 Å². The summed E-state index contributed by atoms with van der Waals surface area (Å²) in [6, 6.07) is 14.5. The number of carboxylic acids is 1. The molecular formula is C25H29N3O5. The number of carboxylic acid groups (broad SMARTS) is 1. The first-order chi connectivity index (χ1) is 16.0. The van der Waals surface area contributed by atoms with E-state index in [-0.39, 0.29) is 18.9 Å². The van der Waals surface area contributed by atoms with Gasteiger partial charge in [0.1, 0.15) is 11.3 Å². The molecule has 2 aliphatic heterocycles. The first-order valence-electron chi connectivity index (χ1n) is 11.2. The van der Waals surface area contributed by atoms with Gasteiger partial charge in [-0.1, -0.05) is 13.0 Å². The molecule has 2 aromatic carbocycles. The maximum atomic E-state index is 11.5. The number of fused-ring (bicyclic) bond motifs is 2. The van der Waals surface area contributed by atoms with Gasteiger partial charge in [0.2, 0.25) is 0 Å². The third-order valence-electron chi connectivity index (χ3n) is 5.87. The van der Waals surface area contributed by atoms with Gasteiger partial charge in [-0.25, -0.2) is 0 Å². The average molecular weight is 452 g/mol. The number of benzene rings is 2. The van der Waals surface area contributed by atoms with E-state index in [0.29, 0.717) is 0 Å². The number of ether oxygens (including phenoxy) is 1. The van der Waals surface area contributed by atoms with Crippen LogP contribution in [-0.4, -0.2) is 61.2 Å². The van der Waals surface area contributed by atoms with Crippen LogP contribution in [0.5, 0.6) is 5.75 Å². The summed E-state index contributed by atoms with van der Waals surface area (Å²) < 4.78 is 10.9. The average Bonchev–Trinajstić information content (AvgIpc) is 3.31. The minimum Gasteiger partial charge on any atom is -0.482 e. The lowest BCUT2D eigenvalue weighted by atomic mass is 10.1. The second-order valence-electron chi connectivity index (χ2n) is 8.14. The van der Waals surface area contributed by atoms with Gasteiger partial charge in [-0.15, -0.1) is 0 Å². The van der Waals surface area contributed by atoms with Crippen molar-refractivity contribution in [3.63, 3.8) is 0 Å². The van der Waals surface area contributed by atoms with E-state index in [4.69, 9.17) is 14.3 Å². The number of rotatable bonds is 5. The van der Waals surface area contributed by atoms with E-state index in [1.165, 1.54) is 11.3 Å². The van der Waals surface area contributed by atoms with Crippen molar-refractivity contribution in [2.45, 2.75) is 19.8 Å². The molecule has 1 amide bonds. The Morgan fingerprint density at radius 3 is 2.64 bits per heavy atom. The maximum absolute atomic E-state index is 11.5. The molecule has 33 heavy (non-hydrogen) atoms. The summed E-state index contributed by atoms with van der Waals surface area (Å²) in [5.74, 6) is -0.0778. The lowest BCUT2D eigenvalue weighted by molar-refractivity contribution is -0.136. The molecule has 0 aliphatic carbocycles. The molecule has 0 bridgehead atoms. The third-order valence-corrected chi connectivity index (χ3v) is 5.87. The quantitative estimate of drug-likeness (QED) is 0.612. The molecule has 1 saturated heterocycles. The normalized spacial score (nSPS) is 15.8. The van der Waals surface area contributed by atoms with E-state index in [1.54, 1.807) is 13.2 Å². The van der Waals surface area contributed by atoms with Crippen molar-refractivity contribution in [1.29, 1.82) is 0 Å². The summed E-state index contributed by atoms with van der Waals surface area (Å²) in [4.78, 5) is 25.8. The Bertz CT molecular complexity index is 1120. The highest BCUT2D eigenvalue weighted by Gasteiger charge is 2.19. The van der Waals surface area contributed by atoms with E-state index in [9.17, 15) is 9.59 Å². The zero-order valence-corrected chi connectivity index (χ0v) is 18.8. The zero-order valence-electron chi connectivity index (χ0n) is 18.8. The highest BCUT2D eigenvalue weighted by Crippen LogP contribution is 2.29. The largest absolute Gasteiger partial charge is 0.482 e. The number of piperazine rings is 1. The van der Waals surface area contributed by atoms with E-state index in [2.05, 4.69) is 39.4 Å². The Kier molecular flexibility index (Phi) is 7.14. The first-order valence-corrected chi connectivity index (χ1v) is 11.2. The minimum absolute atomic E-state index is 0.0885. The van der Waals surface area contributed by atoms with Crippen molar-refractivity contribution in [3.8, 4) is 5.75 Å². The highest BCUT2D eigenvalue weighted by molar-refractivity contribution is 5.95. The van der Waals surface area contributed by atoms with Gasteiger partial charge in [0, 0.05) is 50.2 Å². The Balaban J connectivity index is 0.000000471. The monoisotopic (exact) mass is 451 g/mol. The SMILES string of the molecule is CCC(=O)O.O=C1COc2ccc(CCN3CCN(c4ccc5occc5c4)CC3)cc2N1. The van der Waals surface area contributed by atoms with Crippen LogP contribution in [0.3, 0.4) is 0 Å². The number of furan rings is 1. The van der Waals surface area contributed by atoms with E-state index < -0.39 is 5.97 Å². The van der Waals surface area contributed by atoms with Gasteiger partial charge in [-0.05, 0) is 48.4 Å². The fourth-order valence-electron chi connectivity index (χ4n) is 3.95. The molecule has 0 atom stereocenters. The number of carbonyl (C=O) groups is 2. The lowest BCUT2D eigenvalue weighted by Gasteiger charge is -2.36. The van der Waals surface area contributed by atoms with E-state index >= 15 is 0 Å². The predicted octanol–water partition coefficient (Wildman–Crippen LogP) is 3.61. The number of hydrogen-bond donors (Lipinski definition) is 2. The molecule has 3 aromatic rings. The predicted molar refractivity (Wildman–Crippen MR) is 127 cm³/mol. The highest BCUT2D eigenvalue weighted by atomic mass is 16.5. The molecule has 8 heteroatoms. The third kappa shape index (κ3) is 5.84. The van der Waals surface area contributed by atoms with Crippen molar-refractivity contribution in [2.24, 2.45) is 0 Å². The fourth-order valence-corrected chi connectivity index (χ4v) is 3.95. The van der Waals surface area contributed by atoms with Crippen molar-refractivity contribution < 1.29 is 23.8 Å². The zero-order chi connectivity index (χ0) is 23.2. The summed E-state index contributed by atoms with van der Waals surface area (Å²) in [6.45, 7) is 6.87. The van der Waals surface area contributed by atoms with Crippen LogP contribution >= 0.6 is 0 Å². The van der Waals surface area contributed by atoms with Crippen LogP contribution < -0.4 is 15.0 Å². The minimum atomic E-state index is -0.745. The maximum Gasteiger partial charge on any atom is 0.303 e. The lowest BCUT2D eigenvalue weighted by Crippen LogP contribution is -2.47. The molecule has 8 nitrogen and oxygen atoms in total. The number of hydrogen-bond acceptors (Lipinski definition) is 6. The van der Waals surface area contributed by atoms with Crippen molar-refractivity contribution in [1.82, 2.24) is 4.90 Å². The Morgan fingerprint density at radius 2 is 1.88 bits per heavy atom. The second kappa shape index (κ2) is 10.4. The molecule has 5 rings (SSSR count). The molecule has 0 spiro atoms. The molecule has 3 heterocycles. The molecule has 2 N–H and O–H groups in total. The van der Waals surface area contributed by atoms with Gasteiger partial charge in [0.05, 0.1) is 12.0 Å². The van der Waals surface area contributed by atoms with Crippen LogP contribution in [0.4, 0.5) is 11.4 Å². The molecule has 0 saturated carbocycles. The van der Waals surface area contributed by atoms with Gasteiger partial charge in [-0.2, -0.15) is 0 Å². The standard InChI is InChI=1S/C22H23N3O3.C3H6O2/c26-22-15-28-21-3-1-16(13-19(21)23-22)5-7-24-8-10-25(11-9-24)18-2-4-20-17(14-18)6-12-27-20;1-2-3(4)5/h1-4,6,12-14H,5,7-11,15H2,(H,23,26);2H2,1H3,(H,4,5). The Hall–Kier alpha value is -3.52. The summed E-state index contributed by atoms with van der Waals surface area (Å²) in [5, 5.41) is 11.8. The van der Waals surface area contributed by atoms with E-state index in [0.717, 1.165) is 61.6 Å². The number of anilines is 2. The summed E-state index contributed by atoms with van der Waals surface area (Å²) in [5.41, 5.74) is 4.21. The van der Waals surface area contributed by atoms with Crippen LogP contribution in [0.2, 0.25) is 0 Å². The number of carbonyl (C=O) groups excluding carboxylic acids is 1. The summed E-state index contributed by atoms with van der Waals surface area (Å²) in [7, 11) is 0. The summed E-state index contributed by atoms with van der Waals surface area (Å²) >= 11 is 0. The number of amides is 1. The van der Waals surface area contributed by atoms with Gasteiger partial charge < -0.3 is 24.5 Å². The van der Waals surface area contributed by atoms with Crippen LogP contribution in [0.1, 0.15) is 18.9 Å². The van der Waals surface area contributed by atoms with Crippen molar-refractivity contribution in [2.75, 3.05) is 49.5 Å². The van der Waals surface area contributed by atoms with Gasteiger partial charge in [0.15, 0.2) is 6.61 Å². The molecular weight excluding hydrogens is 422 g/mol. The van der Waals surface area contributed by atoms with Crippen LogP contribution in [-0.2, 0) is 16.0 Å². The van der Waals surface area contributed by atoms with Gasteiger partial charge in [0.25, 0.3) is 5.91 Å². The second-order valence-corrected chi connectivity index (χ2v) is 8.14. The number of nitrogens with one attached hydrogen (secondary N) is 1. The molecule has 174 valence electrons. The Morgan fingerprint density at radius 1 is 1.09 bits per heavy atom. The van der Waals surface area contributed by atoms with Gasteiger partial charge in [-0.3, -0.25) is 14.5 Å². The molecule has 0 radical (unpaired) electrons. The fraction of sp³-hybridized carbons (Fsp3) is 0.360. The molecule has 1 aromatic heterocycles. The van der Waals surface area contributed by atoms with Crippen LogP contribution in [0.25, 0.3) is 11.0 Å². The number of nitrogens with zero attached hydrogens (tertiary/aromatic N) is 2. The van der Waals surface area contributed by atoms with E-state index in [1.807, 2.05) is 18.2 Å². The van der Waals surface area contributed by atoms with Crippen molar-refractivity contribution >= 4 is 34.2 Å². The molecule has 2 aliphatic rings. The summed E-state index contributed by atoms with van der Waals surface area (Å²) in [6.07, 6.45) is 2.93. The van der Waals surface area contributed by atoms with Gasteiger partial charge >= 0.3 is 5.97 Å². The van der Waals surface area contributed by atoms with Crippen molar-refractivity contribution in [3.05, 3.63) is 54.3 Å². The number of aliphatic carboxylic acids is 1. The van der Waals surface area contributed by atoms with Crippen LogP contribution in [0, 0.1) is 0 Å². The smallest absolute Gasteiger partial charge is 0.303 e. The molecule has 0 unspecified atom stereocenters. The topological polar surface area (TPSA) is 95.2 Å².